The van der Waals surface area contributed by atoms with Gasteiger partial charge in [0.05, 0.1) is 6.10 Å². The predicted molar refractivity (Wildman–Crippen MR) is 62.2 cm³/mol. The maximum Gasteiger partial charge on any atom is 0.0843 e. The summed E-state index contributed by atoms with van der Waals surface area (Å²) in [6, 6.07) is 0. The second-order valence-corrected chi connectivity index (χ2v) is 3.79. The van der Waals surface area contributed by atoms with Crippen molar-refractivity contribution >= 4 is 0 Å². The fourth-order valence-electron chi connectivity index (χ4n) is 1.37. The highest BCUT2D eigenvalue weighted by molar-refractivity contribution is 4.88. The van der Waals surface area contributed by atoms with Crippen LogP contribution in [0.2, 0.25) is 0 Å². The van der Waals surface area contributed by atoms with E-state index in [-0.39, 0.29) is 0 Å². The van der Waals surface area contributed by atoms with Crippen LogP contribution in [0.4, 0.5) is 0 Å². The fraction of sp³-hybridized carbons (Fsp3) is 0.833. The highest BCUT2D eigenvalue weighted by Gasteiger charge is 1.92. The first-order valence-corrected chi connectivity index (χ1v) is 5.86. The Morgan fingerprint density at radius 2 is 1.79 bits per heavy atom. The van der Waals surface area contributed by atoms with E-state index in [4.69, 9.17) is 10.8 Å². The summed E-state index contributed by atoms with van der Waals surface area (Å²) in [4.78, 5) is 0. The Morgan fingerprint density at radius 1 is 1.14 bits per heavy atom. The largest absolute Gasteiger partial charge is 0.388 e. The van der Waals surface area contributed by atoms with E-state index in [1.165, 1.54) is 38.5 Å². The van der Waals surface area contributed by atoms with E-state index in [1.807, 2.05) is 6.08 Å². The van der Waals surface area contributed by atoms with Gasteiger partial charge in [-0.25, -0.2) is 0 Å². The van der Waals surface area contributed by atoms with Gasteiger partial charge in [-0.1, -0.05) is 51.2 Å². The molecule has 0 saturated heterocycles. The van der Waals surface area contributed by atoms with Crippen molar-refractivity contribution in [1.82, 2.24) is 0 Å². The van der Waals surface area contributed by atoms with Crippen molar-refractivity contribution in [3.8, 4) is 0 Å². The molecule has 0 spiro atoms. The Balaban J connectivity index is 3.09. The summed E-state index contributed by atoms with van der Waals surface area (Å²) in [7, 11) is 0. The molecule has 0 radical (unpaired) electrons. The molecule has 2 heteroatoms. The van der Waals surface area contributed by atoms with E-state index < -0.39 is 6.10 Å². The van der Waals surface area contributed by atoms with E-state index in [2.05, 4.69) is 6.92 Å². The van der Waals surface area contributed by atoms with E-state index in [0.717, 1.165) is 6.42 Å². The van der Waals surface area contributed by atoms with Gasteiger partial charge in [-0.15, -0.1) is 0 Å². The average molecular weight is 199 g/mol. The molecule has 0 bridgehead atoms. The topological polar surface area (TPSA) is 46.2 Å². The molecule has 1 atom stereocenters. The van der Waals surface area contributed by atoms with Crippen molar-refractivity contribution in [2.75, 3.05) is 6.54 Å². The number of allylic oxidation sites excluding steroid dienone is 1. The fourth-order valence-corrected chi connectivity index (χ4v) is 1.37. The summed E-state index contributed by atoms with van der Waals surface area (Å²) in [6.07, 6.45) is 12.4. The van der Waals surface area contributed by atoms with Gasteiger partial charge in [0.2, 0.25) is 0 Å². The van der Waals surface area contributed by atoms with Crippen LogP contribution in [0.15, 0.2) is 12.2 Å². The third kappa shape index (κ3) is 9.75. The average Bonchev–Trinajstić information content (AvgIpc) is 2.21. The molecule has 1 unspecified atom stereocenters. The molecule has 84 valence electrons. The molecule has 14 heavy (non-hydrogen) atoms. The van der Waals surface area contributed by atoms with Crippen molar-refractivity contribution < 1.29 is 5.11 Å². The Labute approximate surface area is 88.2 Å². The smallest absolute Gasteiger partial charge is 0.0843 e. The van der Waals surface area contributed by atoms with E-state index in [9.17, 15) is 0 Å². The van der Waals surface area contributed by atoms with Crippen LogP contribution in [0, 0.1) is 0 Å². The standard InChI is InChI=1S/C12H25NO/c1-2-3-4-5-6-7-8-9-10-12(14)11-13/h9-10,12,14H,2-8,11,13H2,1H3. The molecule has 3 N–H and O–H groups in total. The minimum atomic E-state index is -0.449. The molecule has 0 aliphatic rings. The normalized spacial score (nSPS) is 13.6. The number of aliphatic hydroxyl groups is 1. The summed E-state index contributed by atoms with van der Waals surface area (Å²) in [5, 5.41) is 9.12. The lowest BCUT2D eigenvalue weighted by molar-refractivity contribution is 0.231. The maximum absolute atomic E-state index is 9.12. The number of unbranched alkanes of at least 4 members (excludes halogenated alkanes) is 6. The SMILES string of the molecule is CCCCCCCCC=CC(O)CN. The second-order valence-electron chi connectivity index (χ2n) is 3.79. The van der Waals surface area contributed by atoms with Gasteiger partial charge in [-0.05, 0) is 12.8 Å². The van der Waals surface area contributed by atoms with Crippen molar-refractivity contribution in [2.45, 2.75) is 58.0 Å². The van der Waals surface area contributed by atoms with Crippen molar-refractivity contribution in [1.29, 1.82) is 0 Å². The van der Waals surface area contributed by atoms with Crippen LogP contribution in [0.25, 0.3) is 0 Å². The summed E-state index contributed by atoms with van der Waals surface area (Å²) in [5.41, 5.74) is 5.27. The minimum absolute atomic E-state index is 0.326. The van der Waals surface area contributed by atoms with Gasteiger partial charge >= 0.3 is 0 Å². The van der Waals surface area contributed by atoms with Crippen LogP contribution in [-0.4, -0.2) is 17.8 Å². The number of nitrogens with two attached hydrogens (primary N) is 1. The number of aliphatic hydroxyl groups excluding tert-OH is 1. The molecule has 2 nitrogen and oxygen atoms in total. The lowest BCUT2D eigenvalue weighted by Gasteiger charge is -2.00. The van der Waals surface area contributed by atoms with Crippen molar-refractivity contribution in [3.05, 3.63) is 12.2 Å². The maximum atomic E-state index is 9.12. The van der Waals surface area contributed by atoms with Crippen LogP contribution in [0.5, 0.6) is 0 Å². The summed E-state index contributed by atoms with van der Waals surface area (Å²) >= 11 is 0. The third-order valence-corrected chi connectivity index (χ3v) is 2.32. The summed E-state index contributed by atoms with van der Waals surface area (Å²) < 4.78 is 0. The molecule has 0 aromatic rings. The lowest BCUT2D eigenvalue weighted by atomic mass is 10.1. The summed E-state index contributed by atoms with van der Waals surface area (Å²) in [5.74, 6) is 0. The van der Waals surface area contributed by atoms with Gasteiger partial charge in [-0.3, -0.25) is 0 Å². The van der Waals surface area contributed by atoms with E-state index in [1.54, 1.807) is 6.08 Å². The molecule has 0 aliphatic heterocycles. The molecule has 0 fully saturated rings. The molecule has 0 saturated carbocycles. The van der Waals surface area contributed by atoms with E-state index >= 15 is 0 Å². The molecule has 0 amide bonds. The van der Waals surface area contributed by atoms with Gasteiger partial charge in [-0.2, -0.15) is 0 Å². The van der Waals surface area contributed by atoms with Gasteiger partial charge < -0.3 is 10.8 Å². The quantitative estimate of drug-likeness (QED) is 0.443. The molecule has 0 rings (SSSR count). The van der Waals surface area contributed by atoms with E-state index in [0.29, 0.717) is 6.54 Å². The van der Waals surface area contributed by atoms with Crippen LogP contribution < -0.4 is 5.73 Å². The van der Waals surface area contributed by atoms with Crippen LogP contribution >= 0.6 is 0 Å². The Bertz CT molecular complexity index is 134. The van der Waals surface area contributed by atoms with Gasteiger partial charge in [0.1, 0.15) is 0 Å². The third-order valence-electron chi connectivity index (χ3n) is 2.32. The molecule has 0 aliphatic carbocycles. The number of hydrogen-bond donors (Lipinski definition) is 2. The molecule has 0 aromatic carbocycles. The van der Waals surface area contributed by atoms with Gasteiger partial charge in [0, 0.05) is 6.54 Å². The highest BCUT2D eigenvalue weighted by Crippen LogP contribution is 2.07. The number of hydrogen-bond acceptors (Lipinski definition) is 2. The highest BCUT2D eigenvalue weighted by atomic mass is 16.3. The predicted octanol–water partition coefficient (Wildman–Crippen LogP) is 2.61. The Hall–Kier alpha value is -0.340. The van der Waals surface area contributed by atoms with Crippen LogP contribution in [0.1, 0.15) is 51.9 Å². The Morgan fingerprint density at radius 3 is 2.43 bits per heavy atom. The molecule has 0 heterocycles. The zero-order valence-corrected chi connectivity index (χ0v) is 9.41. The Kier molecular flexibility index (Phi) is 10.5. The van der Waals surface area contributed by atoms with Gasteiger partial charge in [0.25, 0.3) is 0 Å². The van der Waals surface area contributed by atoms with Crippen molar-refractivity contribution in [2.24, 2.45) is 5.73 Å². The zero-order valence-electron chi connectivity index (χ0n) is 9.41. The first kappa shape index (κ1) is 13.7. The molecule has 0 aromatic heterocycles. The zero-order chi connectivity index (χ0) is 10.6. The second kappa shape index (κ2) is 10.7. The van der Waals surface area contributed by atoms with Crippen LogP contribution in [0.3, 0.4) is 0 Å². The number of rotatable bonds is 9. The monoisotopic (exact) mass is 199 g/mol. The first-order chi connectivity index (χ1) is 6.81. The lowest BCUT2D eigenvalue weighted by Crippen LogP contribution is -2.16. The molecular weight excluding hydrogens is 174 g/mol. The first-order valence-electron chi connectivity index (χ1n) is 5.86. The van der Waals surface area contributed by atoms with Crippen LogP contribution in [-0.2, 0) is 0 Å². The molecular formula is C12H25NO. The minimum Gasteiger partial charge on any atom is -0.388 e. The summed E-state index contributed by atoms with van der Waals surface area (Å²) in [6.45, 7) is 2.56. The van der Waals surface area contributed by atoms with Crippen molar-refractivity contribution in [3.63, 3.8) is 0 Å². The van der Waals surface area contributed by atoms with Gasteiger partial charge in [0.15, 0.2) is 0 Å².